The molecule has 17 heavy (non-hydrogen) atoms. The van der Waals surface area contributed by atoms with Crippen molar-refractivity contribution >= 4 is 23.2 Å². The van der Waals surface area contributed by atoms with Gasteiger partial charge in [-0.25, -0.2) is 0 Å². The highest BCUT2D eigenvalue weighted by Gasteiger charge is 2.22. The molecule has 1 aliphatic carbocycles. The first-order valence-electron chi connectivity index (χ1n) is 6.29. The van der Waals surface area contributed by atoms with Crippen LogP contribution in [0.4, 0.5) is 0 Å². The number of rotatable bonds is 2. The molecule has 2 unspecified atom stereocenters. The lowest BCUT2D eigenvalue weighted by Crippen LogP contribution is -2.21. The van der Waals surface area contributed by atoms with Gasteiger partial charge in [0, 0.05) is 10.0 Å². The lowest BCUT2D eigenvalue weighted by Gasteiger charge is -2.20. The quantitative estimate of drug-likeness (QED) is 0.788. The van der Waals surface area contributed by atoms with Gasteiger partial charge in [0.15, 0.2) is 0 Å². The highest BCUT2D eigenvalue weighted by atomic mass is 35.5. The zero-order valence-electron chi connectivity index (χ0n) is 9.83. The Morgan fingerprint density at radius 1 is 1.12 bits per heavy atom. The number of hydrogen-bond acceptors (Lipinski definition) is 1. The van der Waals surface area contributed by atoms with E-state index in [2.05, 4.69) is 0 Å². The van der Waals surface area contributed by atoms with Gasteiger partial charge in [-0.15, -0.1) is 0 Å². The highest BCUT2D eigenvalue weighted by molar-refractivity contribution is 6.35. The van der Waals surface area contributed by atoms with Crippen LogP contribution in [-0.4, -0.2) is 11.2 Å². The summed E-state index contributed by atoms with van der Waals surface area (Å²) in [4.78, 5) is 0. The van der Waals surface area contributed by atoms with Crippen LogP contribution in [0, 0.1) is 5.92 Å². The van der Waals surface area contributed by atoms with Crippen molar-refractivity contribution in [1.29, 1.82) is 0 Å². The third-order valence-corrected chi connectivity index (χ3v) is 4.20. The minimum atomic E-state index is -0.177. The summed E-state index contributed by atoms with van der Waals surface area (Å²) in [7, 11) is 0. The van der Waals surface area contributed by atoms with Gasteiger partial charge in [0.1, 0.15) is 0 Å². The molecule has 0 radical (unpaired) electrons. The van der Waals surface area contributed by atoms with Crippen LogP contribution in [0.25, 0.3) is 0 Å². The van der Waals surface area contributed by atoms with Crippen LogP contribution in [0.15, 0.2) is 18.2 Å². The molecule has 2 rings (SSSR count). The smallest absolute Gasteiger partial charge is 0.0571 e. The van der Waals surface area contributed by atoms with E-state index in [0.29, 0.717) is 16.0 Å². The summed E-state index contributed by atoms with van der Waals surface area (Å²) in [6, 6.07) is 5.62. The van der Waals surface area contributed by atoms with Gasteiger partial charge in [-0.1, -0.05) is 48.5 Å². The van der Waals surface area contributed by atoms with Gasteiger partial charge in [-0.3, -0.25) is 0 Å². The fourth-order valence-corrected chi connectivity index (χ4v) is 3.06. The van der Waals surface area contributed by atoms with Crippen LogP contribution in [0.3, 0.4) is 0 Å². The van der Waals surface area contributed by atoms with Crippen molar-refractivity contribution in [2.45, 2.75) is 44.6 Å². The van der Waals surface area contributed by atoms with Gasteiger partial charge in [-0.05, 0) is 42.9 Å². The maximum Gasteiger partial charge on any atom is 0.0571 e. The van der Waals surface area contributed by atoms with Gasteiger partial charge < -0.3 is 5.11 Å². The van der Waals surface area contributed by atoms with Gasteiger partial charge in [0.05, 0.1) is 6.10 Å². The Labute approximate surface area is 113 Å². The molecular formula is C14H18Cl2O. The predicted molar refractivity (Wildman–Crippen MR) is 72.7 cm³/mol. The second kappa shape index (κ2) is 6.08. The van der Waals surface area contributed by atoms with Crippen molar-refractivity contribution in [2.24, 2.45) is 5.92 Å². The van der Waals surface area contributed by atoms with Crippen LogP contribution in [0.1, 0.15) is 37.7 Å². The van der Waals surface area contributed by atoms with Crippen LogP contribution in [-0.2, 0) is 6.42 Å². The molecular weight excluding hydrogens is 255 g/mol. The molecule has 1 N–H and O–H groups in total. The maximum atomic E-state index is 10.1. The van der Waals surface area contributed by atoms with E-state index in [0.717, 1.165) is 31.2 Å². The van der Waals surface area contributed by atoms with E-state index in [1.54, 1.807) is 6.07 Å². The molecule has 0 aliphatic heterocycles. The summed E-state index contributed by atoms with van der Waals surface area (Å²) in [5.74, 6) is 0.344. The summed E-state index contributed by atoms with van der Waals surface area (Å²) in [6.45, 7) is 0. The second-order valence-corrected chi connectivity index (χ2v) is 5.75. The van der Waals surface area contributed by atoms with E-state index in [4.69, 9.17) is 23.2 Å². The third-order valence-electron chi connectivity index (χ3n) is 3.62. The molecule has 3 heteroatoms. The molecule has 1 nitrogen and oxygen atoms in total. The Morgan fingerprint density at radius 3 is 2.65 bits per heavy atom. The summed E-state index contributed by atoms with van der Waals surface area (Å²) in [5, 5.41) is 11.5. The molecule has 0 spiro atoms. The van der Waals surface area contributed by atoms with Crippen molar-refractivity contribution in [1.82, 2.24) is 0 Å². The van der Waals surface area contributed by atoms with Crippen molar-refractivity contribution in [3.63, 3.8) is 0 Å². The molecule has 0 amide bonds. The lowest BCUT2D eigenvalue weighted by molar-refractivity contribution is 0.101. The molecule has 94 valence electrons. The monoisotopic (exact) mass is 272 g/mol. The number of aliphatic hydroxyl groups is 1. The fourth-order valence-electron chi connectivity index (χ4n) is 2.57. The minimum absolute atomic E-state index is 0.177. The molecule has 1 fully saturated rings. The number of aliphatic hydroxyl groups excluding tert-OH is 1. The zero-order chi connectivity index (χ0) is 12.3. The van der Waals surface area contributed by atoms with Crippen molar-refractivity contribution < 1.29 is 5.11 Å². The van der Waals surface area contributed by atoms with Crippen molar-refractivity contribution in [3.05, 3.63) is 33.8 Å². The van der Waals surface area contributed by atoms with Crippen LogP contribution in [0.5, 0.6) is 0 Å². The summed E-state index contributed by atoms with van der Waals surface area (Å²) in [6.07, 6.45) is 6.30. The zero-order valence-corrected chi connectivity index (χ0v) is 11.3. The summed E-state index contributed by atoms with van der Waals surface area (Å²) >= 11 is 12.1. The maximum absolute atomic E-state index is 10.1. The van der Waals surface area contributed by atoms with E-state index in [1.165, 1.54) is 12.8 Å². The standard InChI is InChI=1S/C14H18Cl2O/c15-12-7-6-10(13(16)9-12)8-11-4-2-1-3-5-14(11)17/h6-7,9,11,14,17H,1-5,8H2. The van der Waals surface area contributed by atoms with Crippen molar-refractivity contribution in [2.75, 3.05) is 0 Å². The normalized spacial score (nSPS) is 25.6. The van der Waals surface area contributed by atoms with Crippen LogP contribution < -0.4 is 0 Å². The Balaban J connectivity index is 2.08. The third kappa shape index (κ3) is 3.61. The molecule has 2 atom stereocenters. The number of halogens is 2. The Hall–Kier alpha value is -0.240. The largest absolute Gasteiger partial charge is 0.393 e. The first-order chi connectivity index (χ1) is 8.16. The summed E-state index contributed by atoms with van der Waals surface area (Å²) < 4.78 is 0. The number of hydrogen-bond donors (Lipinski definition) is 1. The Kier molecular flexibility index (Phi) is 4.72. The molecule has 0 heterocycles. The predicted octanol–water partition coefficient (Wildman–Crippen LogP) is 4.48. The van der Waals surface area contributed by atoms with E-state index in [1.807, 2.05) is 12.1 Å². The summed E-state index contributed by atoms with van der Waals surface area (Å²) in [5.41, 5.74) is 1.10. The Morgan fingerprint density at radius 2 is 1.88 bits per heavy atom. The molecule has 1 aromatic carbocycles. The first kappa shape index (κ1) is 13.2. The van der Waals surface area contributed by atoms with Gasteiger partial charge in [0.2, 0.25) is 0 Å². The molecule has 0 aromatic heterocycles. The molecule has 1 aliphatic rings. The van der Waals surface area contributed by atoms with Crippen LogP contribution in [0.2, 0.25) is 10.0 Å². The average molecular weight is 273 g/mol. The van der Waals surface area contributed by atoms with Gasteiger partial charge in [-0.2, -0.15) is 0 Å². The molecule has 1 saturated carbocycles. The highest BCUT2D eigenvalue weighted by Crippen LogP contribution is 2.30. The van der Waals surface area contributed by atoms with E-state index >= 15 is 0 Å². The fraction of sp³-hybridized carbons (Fsp3) is 0.571. The second-order valence-electron chi connectivity index (χ2n) is 4.91. The van der Waals surface area contributed by atoms with E-state index < -0.39 is 0 Å². The van der Waals surface area contributed by atoms with Crippen LogP contribution >= 0.6 is 23.2 Å². The molecule has 0 saturated heterocycles. The first-order valence-corrected chi connectivity index (χ1v) is 7.04. The Bertz CT molecular complexity index is 378. The molecule has 0 bridgehead atoms. The topological polar surface area (TPSA) is 20.2 Å². The molecule has 1 aromatic rings. The van der Waals surface area contributed by atoms with E-state index in [9.17, 15) is 5.11 Å². The minimum Gasteiger partial charge on any atom is -0.393 e. The lowest BCUT2D eigenvalue weighted by atomic mass is 9.90. The van der Waals surface area contributed by atoms with E-state index in [-0.39, 0.29) is 6.10 Å². The van der Waals surface area contributed by atoms with Crippen molar-refractivity contribution in [3.8, 4) is 0 Å². The van der Waals surface area contributed by atoms with Gasteiger partial charge >= 0.3 is 0 Å². The average Bonchev–Trinajstić information content (AvgIpc) is 2.48. The van der Waals surface area contributed by atoms with Gasteiger partial charge in [0.25, 0.3) is 0 Å². The SMILES string of the molecule is OC1CCCCCC1Cc1ccc(Cl)cc1Cl. The number of benzene rings is 1.